The molecule has 26 heavy (non-hydrogen) atoms. The Bertz CT molecular complexity index is 725. The average Bonchev–Trinajstić information content (AvgIpc) is 2.61. The lowest BCUT2D eigenvalue weighted by Gasteiger charge is -2.40. The number of nitrogens with two attached hydrogens (primary N) is 1. The number of nitriles is 1. The van der Waals surface area contributed by atoms with Gasteiger partial charge in [0.05, 0.1) is 12.8 Å². The molecule has 8 nitrogen and oxygen atoms in total. The molecule has 0 radical (unpaired) electrons. The number of aromatic nitrogens is 1. The molecule has 1 fully saturated rings. The van der Waals surface area contributed by atoms with E-state index in [1.807, 2.05) is 47.9 Å². The highest BCUT2D eigenvalue weighted by molar-refractivity contribution is 5.87. The molecule has 1 saturated heterocycles. The smallest absolute Gasteiger partial charge is 0.246 e. The summed E-state index contributed by atoms with van der Waals surface area (Å²) in [6.07, 6.45) is 3.49. The molecular weight excluding hydrogens is 332 g/mol. The molecule has 2 N–H and O–H groups in total. The summed E-state index contributed by atoms with van der Waals surface area (Å²) >= 11 is 0. The minimum absolute atomic E-state index is 0.00768. The highest BCUT2D eigenvalue weighted by Crippen LogP contribution is 2.32. The predicted molar refractivity (Wildman–Crippen MR) is 101 cm³/mol. The Balaban J connectivity index is 2.13. The van der Waals surface area contributed by atoms with Crippen molar-refractivity contribution in [3.8, 4) is 11.8 Å². The lowest BCUT2D eigenvalue weighted by Crippen LogP contribution is -2.53. The number of anilines is 2. The zero-order chi connectivity index (χ0) is 19.3. The second-order valence-electron chi connectivity index (χ2n) is 6.56. The maximum absolute atomic E-state index is 12.3. The van der Waals surface area contributed by atoms with Crippen LogP contribution in [0.15, 0.2) is 18.2 Å². The van der Waals surface area contributed by atoms with Gasteiger partial charge in [0.25, 0.3) is 0 Å². The largest absolute Gasteiger partial charge is 0.493 e. The fraction of sp³-hybridized carbons (Fsp3) is 0.500. The van der Waals surface area contributed by atoms with E-state index in [1.165, 1.54) is 0 Å². The quantitative estimate of drug-likeness (QED) is 0.774. The summed E-state index contributed by atoms with van der Waals surface area (Å²) in [4.78, 5) is 22.6. The van der Waals surface area contributed by atoms with E-state index >= 15 is 0 Å². The number of rotatable bonds is 5. The van der Waals surface area contributed by atoms with Crippen molar-refractivity contribution in [1.82, 2.24) is 14.8 Å². The van der Waals surface area contributed by atoms with E-state index in [0.29, 0.717) is 36.9 Å². The maximum Gasteiger partial charge on any atom is 0.246 e. The van der Waals surface area contributed by atoms with Crippen LogP contribution in [0.3, 0.4) is 0 Å². The van der Waals surface area contributed by atoms with Crippen molar-refractivity contribution in [3.05, 3.63) is 23.9 Å². The number of carbonyl (C=O) groups excluding carboxylic acids is 1. The molecule has 2 rings (SSSR count). The van der Waals surface area contributed by atoms with Gasteiger partial charge in [-0.15, -0.1) is 0 Å². The first-order valence-electron chi connectivity index (χ1n) is 8.48. The SMILES string of the molecule is COc1cc(N)c(C#N)nc1N1CCN(C(=O)/C=C/CN(C)C)C[C@H]1C. The summed E-state index contributed by atoms with van der Waals surface area (Å²) < 4.78 is 5.39. The van der Waals surface area contributed by atoms with Gasteiger partial charge in [-0.05, 0) is 21.0 Å². The van der Waals surface area contributed by atoms with Crippen LogP contribution in [0.1, 0.15) is 12.6 Å². The number of nitrogen functional groups attached to an aromatic ring is 1. The third kappa shape index (κ3) is 4.43. The Kier molecular flexibility index (Phi) is 6.41. The molecule has 8 heteroatoms. The molecule has 140 valence electrons. The van der Waals surface area contributed by atoms with E-state index in [9.17, 15) is 10.1 Å². The average molecular weight is 358 g/mol. The molecule has 1 aliphatic heterocycles. The maximum atomic E-state index is 12.3. The fourth-order valence-electron chi connectivity index (χ4n) is 2.89. The van der Waals surface area contributed by atoms with Crippen LogP contribution >= 0.6 is 0 Å². The molecule has 0 bridgehead atoms. The second-order valence-corrected chi connectivity index (χ2v) is 6.56. The predicted octanol–water partition coefficient (Wildman–Crippen LogP) is 0.699. The number of nitrogens with zero attached hydrogens (tertiary/aromatic N) is 5. The van der Waals surface area contributed by atoms with Gasteiger partial charge in [-0.3, -0.25) is 4.79 Å². The number of hydrogen-bond donors (Lipinski definition) is 1. The first-order valence-corrected chi connectivity index (χ1v) is 8.48. The number of ether oxygens (including phenoxy) is 1. The Labute approximate surface area is 154 Å². The minimum atomic E-state index is 0.00768. The number of carbonyl (C=O) groups is 1. The van der Waals surface area contributed by atoms with Crippen LogP contribution in [0.25, 0.3) is 0 Å². The van der Waals surface area contributed by atoms with E-state index in [1.54, 1.807) is 19.3 Å². The van der Waals surface area contributed by atoms with Gasteiger partial charge in [-0.25, -0.2) is 4.98 Å². The first-order chi connectivity index (χ1) is 12.4. The number of hydrogen-bond acceptors (Lipinski definition) is 7. The lowest BCUT2D eigenvalue weighted by atomic mass is 10.1. The molecule has 2 heterocycles. The van der Waals surface area contributed by atoms with Crippen LogP contribution in [0, 0.1) is 11.3 Å². The molecule has 1 amide bonds. The van der Waals surface area contributed by atoms with Gasteiger partial charge in [-0.1, -0.05) is 6.08 Å². The summed E-state index contributed by atoms with van der Waals surface area (Å²) in [6.45, 7) is 4.50. The van der Waals surface area contributed by atoms with Gasteiger partial charge in [0.15, 0.2) is 17.3 Å². The van der Waals surface area contributed by atoms with Crippen molar-refractivity contribution in [2.24, 2.45) is 0 Å². The molecular formula is C18H26N6O2. The number of methoxy groups -OCH3 is 1. The topological polar surface area (TPSA) is 98.7 Å². The van der Waals surface area contributed by atoms with Gasteiger partial charge in [0.1, 0.15) is 6.07 Å². The normalized spacial score (nSPS) is 17.6. The monoisotopic (exact) mass is 358 g/mol. The van der Waals surface area contributed by atoms with Gasteiger partial charge in [-0.2, -0.15) is 5.26 Å². The van der Waals surface area contributed by atoms with Gasteiger partial charge < -0.3 is 25.2 Å². The van der Waals surface area contributed by atoms with Crippen LogP contribution in [0.2, 0.25) is 0 Å². The zero-order valence-electron chi connectivity index (χ0n) is 15.8. The molecule has 0 unspecified atom stereocenters. The molecule has 0 aliphatic carbocycles. The molecule has 1 aliphatic rings. The lowest BCUT2D eigenvalue weighted by molar-refractivity contribution is -0.126. The van der Waals surface area contributed by atoms with Crippen LogP contribution in [0.5, 0.6) is 5.75 Å². The van der Waals surface area contributed by atoms with E-state index in [2.05, 4.69) is 4.98 Å². The zero-order valence-corrected chi connectivity index (χ0v) is 15.8. The first kappa shape index (κ1) is 19.5. The Hall–Kier alpha value is -2.79. The highest BCUT2D eigenvalue weighted by atomic mass is 16.5. The number of pyridine rings is 1. The highest BCUT2D eigenvalue weighted by Gasteiger charge is 2.29. The summed E-state index contributed by atoms with van der Waals surface area (Å²) in [5.41, 5.74) is 6.29. The Morgan fingerprint density at radius 3 is 2.85 bits per heavy atom. The minimum Gasteiger partial charge on any atom is -0.493 e. The molecule has 1 aromatic rings. The third-order valence-electron chi connectivity index (χ3n) is 4.27. The van der Waals surface area contributed by atoms with Gasteiger partial charge >= 0.3 is 0 Å². The molecule has 0 saturated carbocycles. The van der Waals surface area contributed by atoms with Gasteiger partial charge in [0, 0.05) is 44.4 Å². The summed E-state index contributed by atoms with van der Waals surface area (Å²) in [7, 11) is 5.46. The van der Waals surface area contributed by atoms with Crippen molar-refractivity contribution in [1.29, 1.82) is 5.26 Å². The number of piperazine rings is 1. The van der Waals surface area contributed by atoms with Crippen molar-refractivity contribution < 1.29 is 9.53 Å². The second kappa shape index (κ2) is 8.54. The summed E-state index contributed by atoms with van der Waals surface area (Å²) in [5, 5.41) is 9.19. The van der Waals surface area contributed by atoms with Crippen molar-refractivity contribution in [2.75, 3.05) is 58.0 Å². The Morgan fingerprint density at radius 2 is 2.27 bits per heavy atom. The van der Waals surface area contributed by atoms with Crippen molar-refractivity contribution >= 4 is 17.4 Å². The molecule has 1 atom stereocenters. The third-order valence-corrected chi connectivity index (χ3v) is 4.27. The van der Waals surface area contributed by atoms with Gasteiger partial charge in [0.2, 0.25) is 5.91 Å². The molecule has 1 aromatic heterocycles. The number of likely N-dealkylation sites (N-methyl/N-ethyl adjacent to an activating group) is 1. The molecule has 0 spiro atoms. The van der Waals surface area contributed by atoms with E-state index in [-0.39, 0.29) is 17.6 Å². The molecule has 0 aromatic carbocycles. The van der Waals surface area contributed by atoms with Crippen LogP contribution in [0.4, 0.5) is 11.5 Å². The number of amides is 1. The van der Waals surface area contributed by atoms with Crippen LogP contribution in [-0.2, 0) is 4.79 Å². The van der Waals surface area contributed by atoms with Crippen LogP contribution < -0.4 is 15.4 Å². The summed E-state index contributed by atoms with van der Waals surface area (Å²) in [6, 6.07) is 3.66. The fourth-order valence-corrected chi connectivity index (χ4v) is 2.89. The summed E-state index contributed by atoms with van der Waals surface area (Å²) in [5.74, 6) is 1.12. The Morgan fingerprint density at radius 1 is 1.54 bits per heavy atom. The van der Waals surface area contributed by atoms with Crippen molar-refractivity contribution in [2.45, 2.75) is 13.0 Å². The van der Waals surface area contributed by atoms with Crippen LogP contribution in [-0.4, -0.2) is 74.1 Å². The van der Waals surface area contributed by atoms with E-state index < -0.39 is 0 Å². The van der Waals surface area contributed by atoms with E-state index in [0.717, 1.165) is 6.54 Å². The van der Waals surface area contributed by atoms with Crippen molar-refractivity contribution in [3.63, 3.8) is 0 Å². The standard InChI is InChI=1S/C18H26N6O2/c1-13-12-23(17(25)6-5-7-22(2)3)8-9-24(13)18-16(26-4)10-14(20)15(11-19)21-18/h5-6,10,13H,7-9,12,20H2,1-4H3/b6-5+/t13-/m1/s1. The van der Waals surface area contributed by atoms with E-state index in [4.69, 9.17) is 10.5 Å².